The van der Waals surface area contributed by atoms with Crippen molar-refractivity contribution in [3.63, 3.8) is 0 Å². The number of rotatable bonds is 9. The number of hydrogen-bond donors (Lipinski definition) is 2. The first-order valence-corrected chi connectivity index (χ1v) is 10.6. The van der Waals surface area contributed by atoms with Crippen LogP contribution in [0.3, 0.4) is 0 Å². The standard InChI is InChI=1S/C17H27N3O5S/c1-2-13-26(23,24)20-10-7-14(8-11-20)19-16(21)6-3-9-18-17(22)15-5-4-12-25-15/h4-5,12,14H,2-3,6-11,13H2,1H3,(H,18,22)(H,19,21). The predicted molar refractivity (Wildman–Crippen MR) is 97.1 cm³/mol. The largest absolute Gasteiger partial charge is 0.459 e. The molecule has 9 heteroatoms. The molecule has 0 bridgehead atoms. The Hall–Kier alpha value is -1.87. The summed E-state index contributed by atoms with van der Waals surface area (Å²) in [6.07, 6.45) is 4.14. The zero-order valence-electron chi connectivity index (χ0n) is 15.1. The van der Waals surface area contributed by atoms with E-state index in [9.17, 15) is 18.0 Å². The molecule has 1 saturated heterocycles. The monoisotopic (exact) mass is 385 g/mol. The van der Waals surface area contributed by atoms with E-state index in [-0.39, 0.29) is 29.4 Å². The second kappa shape index (κ2) is 9.72. The van der Waals surface area contributed by atoms with Crippen LogP contribution in [0.25, 0.3) is 0 Å². The van der Waals surface area contributed by atoms with E-state index in [0.717, 1.165) is 0 Å². The van der Waals surface area contributed by atoms with Gasteiger partial charge >= 0.3 is 0 Å². The maximum absolute atomic E-state index is 12.0. The van der Waals surface area contributed by atoms with Crippen molar-refractivity contribution in [3.05, 3.63) is 24.2 Å². The van der Waals surface area contributed by atoms with Crippen LogP contribution in [0.5, 0.6) is 0 Å². The molecule has 146 valence electrons. The maximum Gasteiger partial charge on any atom is 0.286 e. The molecule has 1 fully saturated rings. The molecule has 8 nitrogen and oxygen atoms in total. The quantitative estimate of drug-likeness (QED) is 0.619. The van der Waals surface area contributed by atoms with Crippen molar-refractivity contribution in [3.8, 4) is 0 Å². The topological polar surface area (TPSA) is 109 Å². The molecule has 0 aliphatic carbocycles. The molecular weight excluding hydrogens is 358 g/mol. The zero-order chi connectivity index (χ0) is 19.0. The Bertz CT molecular complexity index is 679. The summed E-state index contributed by atoms with van der Waals surface area (Å²) in [7, 11) is -3.16. The van der Waals surface area contributed by atoms with Gasteiger partial charge in [0.25, 0.3) is 5.91 Å². The van der Waals surface area contributed by atoms with E-state index in [1.165, 1.54) is 10.6 Å². The molecule has 0 radical (unpaired) electrons. The number of hydrogen-bond acceptors (Lipinski definition) is 5. The first-order chi connectivity index (χ1) is 12.4. The molecule has 1 aliphatic heterocycles. The van der Waals surface area contributed by atoms with E-state index in [4.69, 9.17) is 4.42 Å². The Morgan fingerprint density at radius 1 is 1.31 bits per heavy atom. The molecule has 2 amide bonds. The highest BCUT2D eigenvalue weighted by Crippen LogP contribution is 2.15. The Morgan fingerprint density at radius 3 is 2.65 bits per heavy atom. The van der Waals surface area contributed by atoms with E-state index < -0.39 is 10.0 Å². The van der Waals surface area contributed by atoms with Crippen LogP contribution in [-0.2, 0) is 14.8 Å². The number of furan rings is 1. The van der Waals surface area contributed by atoms with Gasteiger partial charge in [-0.2, -0.15) is 0 Å². The average Bonchev–Trinajstić information content (AvgIpc) is 3.14. The zero-order valence-corrected chi connectivity index (χ0v) is 15.9. The van der Waals surface area contributed by atoms with Crippen molar-refractivity contribution in [1.82, 2.24) is 14.9 Å². The minimum Gasteiger partial charge on any atom is -0.459 e. The van der Waals surface area contributed by atoms with Gasteiger partial charge in [-0.3, -0.25) is 9.59 Å². The van der Waals surface area contributed by atoms with Crippen LogP contribution < -0.4 is 10.6 Å². The fraction of sp³-hybridized carbons (Fsp3) is 0.647. The van der Waals surface area contributed by atoms with Gasteiger partial charge in [0.1, 0.15) is 0 Å². The minimum absolute atomic E-state index is 0.00767. The van der Waals surface area contributed by atoms with Crippen molar-refractivity contribution in [1.29, 1.82) is 0 Å². The normalized spacial score (nSPS) is 16.3. The molecule has 0 spiro atoms. The summed E-state index contributed by atoms with van der Waals surface area (Å²) < 4.78 is 30.6. The van der Waals surface area contributed by atoms with Crippen LogP contribution in [0.2, 0.25) is 0 Å². The molecule has 1 aromatic heterocycles. The molecule has 0 atom stereocenters. The summed E-state index contributed by atoms with van der Waals surface area (Å²) in [6.45, 7) is 3.14. The molecule has 26 heavy (non-hydrogen) atoms. The predicted octanol–water partition coefficient (Wildman–Crippen LogP) is 1.11. The minimum atomic E-state index is -3.16. The van der Waals surface area contributed by atoms with E-state index in [1.807, 2.05) is 6.92 Å². The van der Waals surface area contributed by atoms with Crippen LogP contribution in [0.4, 0.5) is 0 Å². The second-order valence-corrected chi connectivity index (χ2v) is 8.48. The van der Waals surface area contributed by atoms with Crippen LogP contribution in [0.1, 0.15) is 49.6 Å². The van der Waals surface area contributed by atoms with Gasteiger partial charge in [-0.15, -0.1) is 0 Å². The molecular formula is C17H27N3O5S. The molecule has 2 heterocycles. The van der Waals surface area contributed by atoms with E-state index in [1.54, 1.807) is 12.1 Å². The molecule has 2 rings (SSSR count). The van der Waals surface area contributed by atoms with Crippen LogP contribution >= 0.6 is 0 Å². The summed E-state index contributed by atoms with van der Waals surface area (Å²) in [5, 5.41) is 5.64. The lowest BCUT2D eigenvalue weighted by atomic mass is 10.1. The second-order valence-electron chi connectivity index (χ2n) is 6.39. The summed E-state index contributed by atoms with van der Waals surface area (Å²) in [5.74, 6) is 0.0516. The number of amides is 2. The summed E-state index contributed by atoms with van der Waals surface area (Å²) in [5.41, 5.74) is 0. The van der Waals surface area contributed by atoms with Crippen molar-refractivity contribution < 1.29 is 22.4 Å². The third kappa shape index (κ3) is 6.14. The van der Waals surface area contributed by atoms with Gasteiger partial charge < -0.3 is 15.1 Å². The molecule has 0 unspecified atom stereocenters. The summed E-state index contributed by atoms with van der Waals surface area (Å²) in [4.78, 5) is 23.7. The Balaban J connectivity index is 1.61. The van der Waals surface area contributed by atoms with Gasteiger partial charge in [0.15, 0.2) is 5.76 Å². The number of carbonyl (C=O) groups excluding carboxylic acids is 2. The summed E-state index contributed by atoms with van der Waals surface area (Å²) >= 11 is 0. The SMILES string of the molecule is CCCS(=O)(=O)N1CCC(NC(=O)CCCNC(=O)c2ccco2)CC1. The lowest BCUT2D eigenvalue weighted by molar-refractivity contribution is -0.122. The van der Waals surface area contributed by atoms with E-state index in [2.05, 4.69) is 10.6 Å². The van der Waals surface area contributed by atoms with Gasteiger partial charge in [0, 0.05) is 32.1 Å². The molecule has 0 aromatic carbocycles. The average molecular weight is 385 g/mol. The Morgan fingerprint density at radius 2 is 2.04 bits per heavy atom. The Kier molecular flexibility index (Phi) is 7.65. The number of nitrogens with one attached hydrogen (secondary N) is 2. The molecule has 1 aromatic rings. The fourth-order valence-electron chi connectivity index (χ4n) is 2.91. The van der Waals surface area contributed by atoms with Crippen molar-refractivity contribution >= 4 is 21.8 Å². The van der Waals surface area contributed by atoms with Gasteiger partial charge in [0.2, 0.25) is 15.9 Å². The molecule has 1 aliphatic rings. The number of carbonyl (C=O) groups is 2. The third-order valence-electron chi connectivity index (χ3n) is 4.29. The lowest BCUT2D eigenvalue weighted by Crippen LogP contribution is -2.47. The highest BCUT2D eigenvalue weighted by Gasteiger charge is 2.27. The highest BCUT2D eigenvalue weighted by atomic mass is 32.2. The van der Waals surface area contributed by atoms with Gasteiger partial charge in [0.05, 0.1) is 12.0 Å². The van der Waals surface area contributed by atoms with Crippen molar-refractivity contribution in [2.45, 2.75) is 45.1 Å². The van der Waals surface area contributed by atoms with Crippen LogP contribution in [0, 0.1) is 0 Å². The third-order valence-corrected chi connectivity index (χ3v) is 6.36. The van der Waals surface area contributed by atoms with Gasteiger partial charge in [-0.25, -0.2) is 12.7 Å². The smallest absolute Gasteiger partial charge is 0.286 e. The van der Waals surface area contributed by atoms with Crippen molar-refractivity contribution in [2.24, 2.45) is 0 Å². The van der Waals surface area contributed by atoms with Crippen LogP contribution in [0.15, 0.2) is 22.8 Å². The Labute approximate surface area is 154 Å². The molecule has 2 N–H and O–H groups in total. The van der Waals surface area contributed by atoms with Gasteiger partial charge in [-0.1, -0.05) is 6.92 Å². The van der Waals surface area contributed by atoms with Gasteiger partial charge in [-0.05, 0) is 37.8 Å². The number of sulfonamides is 1. The number of nitrogens with zero attached hydrogens (tertiary/aromatic N) is 1. The van der Waals surface area contributed by atoms with E-state index in [0.29, 0.717) is 51.7 Å². The van der Waals surface area contributed by atoms with Crippen LogP contribution in [-0.4, -0.2) is 56.0 Å². The van der Waals surface area contributed by atoms with Crippen molar-refractivity contribution in [2.75, 3.05) is 25.4 Å². The highest BCUT2D eigenvalue weighted by molar-refractivity contribution is 7.89. The fourth-order valence-corrected chi connectivity index (χ4v) is 4.45. The first-order valence-electron chi connectivity index (χ1n) is 9.01. The first kappa shape index (κ1) is 20.4. The lowest BCUT2D eigenvalue weighted by Gasteiger charge is -2.31. The maximum atomic E-state index is 12.0. The molecule has 0 saturated carbocycles. The summed E-state index contributed by atoms with van der Waals surface area (Å²) in [6, 6.07) is 3.23. The van der Waals surface area contributed by atoms with E-state index >= 15 is 0 Å². The number of piperidine rings is 1.